The monoisotopic (exact) mass is 339 g/mol. The van der Waals surface area contributed by atoms with Crippen molar-refractivity contribution in [1.82, 2.24) is 4.98 Å². The third kappa shape index (κ3) is 2.74. The van der Waals surface area contributed by atoms with E-state index in [0.717, 1.165) is 42.8 Å². The van der Waals surface area contributed by atoms with E-state index < -0.39 is 0 Å². The number of rotatable bonds is 2. The van der Waals surface area contributed by atoms with Crippen LogP contribution in [0.5, 0.6) is 5.75 Å². The van der Waals surface area contributed by atoms with Gasteiger partial charge >= 0.3 is 0 Å². The van der Waals surface area contributed by atoms with Gasteiger partial charge in [0, 0.05) is 48.5 Å². The molecule has 1 fully saturated rings. The van der Waals surface area contributed by atoms with Gasteiger partial charge in [-0.05, 0) is 36.4 Å². The van der Waals surface area contributed by atoms with Gasteiger partial charge in [-0.1, -0.05) is 23.7 Å². The van der Waals surface area contributed by atoms with Crippen molar-refractivity contribution < 1.29 is 5.11 Å². The molecule has 5 heteroatoms. The fourth-order valence-electron chi connectivity index (χ4n) is 3.30. The van der Waals surface area contributed by atoms with Crippen molar-refractivity contribution in [3.05, 3.63) is 59.8 Å². The van der Waals surface area contributed by atoms with Crippen molar-refractivity contribution in [3.63, 3.8) is 0 Å². The number of para-hydroxylation sites is 2. The number of anilines is 2. The smallest absolute Gasteiger partial charge is 0.138 e. The summed E-state index contributed by atoms with van der Waals surface area (Å²) < 4.78 is 0. The molecule has 0 saturated carbocycles. The number of aromatic hydroxyl groups is 1. The van der Waals surface area contributed by atoms with Gasteiger partial charge in [0.15, 0.2) is 0 Å². The second-order valence-electron chi connectivity index (χ2n) is 5.95. The Kier molecular flexibility index (Phi) is 3.90. The Morgan fingerprint density at radius 2 is 1.58 bits per heavy atom. The van der Waals surface area contributed by atoms with Crippen LogP contribution in [0.1, 0.15) is 0 Å². The van der Waals surface area contributed by atoms with Crippen molar-refractivity contribution in [2.45, 2.75) is 0 Å². The summed E-state index contributed by atoms with van der Waals surface area (Å²) in [4.78, 5) is 9.01. The number of hydrogen-bond acceptors (Lipinski definition) is 4. The maximum atomic E-state index is 10.0. The number of piperazine rings is 1. The maximum Gasteiger partial charge on any atom is 0.138 e. The molecule has 0 atom stereocenters. The van der Waals surface area contributed by atoms with E-state index in [9.17, 15) is 5.11 Å². The van der Waals surface area contributed by atoms with E-state index in [-0.39, 0.29) is 0 Å². The van der Waals surface area contributed by atoms with Crippen molar-refractivity contribution >= 4 is 33.9 Å². The Hall–Kier alpha value is -2.46. The summed E-state index contributed by atoms with van der Waals surface area (Å²) in [5.41, 5.74) is 3.01. The highest BCUT2D eigenvalue weighted by molar-refractivity contribution is 6.31. The number of hydrogen-bond donors (Lipinski definition) is 1. The van der Waals surface area contributed by atoms with Crippen LogP contribution in [0.15, 0.2) is 54.7 Å². The lowest BCUT2D eigenvalue weighted by Gasteiger charge is -2.37. The van der Waals surface area contributed by atoms with Gasteiger partial charge in [-0.2, -0.15) is 0 Å². The highest BCUT2D eigenvalue weighted by Crippen LogP contribution is 2.31. The fraction of sp³-hybridized carbons (Fsp3) is 0.211. The van der Waals surface area contributed by atoms with Crippen molar-refractivity contribution in [2.24, 2.45) is 0 Å². The van der Waals surface area contributed by atoms with Gasteiger partial charge in [0.1, 0.15) is 5.75 Å². The molecule has 1 aromatic heterocycles. The first-order chi connectivity index (χ1) is 11.7. The fourth-order valence-corrected chi connectivity index (χ4v) is 3.47. The Morgan fingerprint density at radius 3 is 2.33 bits per heavy atom. The van der Waals surface area contributed by atoms with Gasteiger partial charge in [0.05, 0.1) is 11.2 Å². The van der Waals surface area contributed by atoms with Crippen LogP contribution in [-0.2, 0) is 0 Å². The maximum absolute atomic E-state index is 10.0. The SMILES string of the molecule is Oc1ccccc1N1CCN(c2ccnc3cc(Cl)ccc23)CC1. The van der Waals surface area contributed by atoms with Gasteiger partial charge in [-0.15, -0.1) is 0 Å². The van der Waals surface area contributed by atoms with Crippen LogP contribution in [0.4, 0.5) is 11.4 Å². The molecule has 4 nitrogen and oxygen atoms in total. The lowest BCUT2D eigenvalue weighted by molar-refractivity contribution is 0.472. The molecule has 122 valence electrons. The molecule has 1 aliphatic rings. The molecule has 0 unspecified atom stereocenters. The predicted octanol–water partition coefficient (Wildman–Crippen LogP) is 3.92. The first-order valence-corrected chi connectivity index (χ1v) is 8.42. The van der Waals surface area contributed by atoms with Crippen LogP contribution in [-0.4, -0.2) is 36.3 Å². The largest absolute Gasteiger partial charge is 0.506 e. The zero-order valence-corrected chi connectivity index (χ0v) is 13.9. The molecule has 4 rings (SSSR count). The first kappa shape index (κ1) is 15.1. The van der Waals surface area contributed by atoms with Crippen molar-refractivity contribution in [3.8, 4) is 5.75 Å². The quantitative estimate of drug-likeness (QED) is 0.768. The van der Waals surface area contributed by atoms with Crippen LogP contribution in [0.3, 0.4) is 0 Å². The minimum Gasteiger partial charge on any atom is -0.506 e. The van der Waals surface area contributed by atoms with Crippen LogP contribution in [0, 0.1) is 0 Å². The van der Waals surface area contributed by atoms with E-state index in [2.05, 4.69) is 20.9 Å². The molecule has 0 amide bonds. The lowest BCUT2D eigenvalue weighted by atomic mass is 10.1. The number of benzene rings is 2. The van der Waals surface area contributed by atoms with E-state index in [4.69, 9.17) is 11.6 Å². The average Bonchev–Trinajstić information content (AvgIpc) is 2.61. The summed E-state index contributed by atoms with van der Waals surface area (Å²) in [7, 11) is 0. The van der Waals surface area contributed by atoms with Crippen LogP contribution >= 0.6 is 11.6 Å². The summed E-state index contributed by atoms with van der Waals surface area (Å²) >= 11 is 6.07. The van der Waals surface area contributed by atoms with Crippen molar-refractivity contribution in [2.75, 3.05) is 36.0 Å². The molecule has 0 aliphatic carbocycles. The second kappa shape index (κ2) is 6.21. The summed E-state index contributed by atoms with van der Waals surface area (Å²) in [5, 5.41) is 11.9. The van der Waals surface area contributed by atoms with Gasteiger partial charge < -0.3 is 14.9 Å². The minimum atomic E-state index is 0.343. The Morgan fingerprint density at radius 1 is 0.875 bits per heavy atom. The van der Waals surface area contributed by atoms with Crippen molar-refractivity contribution in [1.29, 1.82) is 0 Å². The zero-order chi connectivity index (χ0) is 16.5. The molecule has 3 aromatic rings. The van der Waals surface area contributed by atoms with E-state index in [1.54, 1.807) is 6.07 Å². The first-order valence-electron chi connectivity index (χ1n) is 8.04. The topological polar surface area (TPSA) is 39.6 Å². The number of halogens is 1. The number of aromatic nitrogens is 1. The van der Waals surface area contributed by atoms with Gasteiger partial charge in [0.25, 0.3) is 0 Å². The summed E-state index contributed by atoms with van der Waals surface area (Å²) in [6, 6.07) is 15.4. The molecule has 24 heavy (non-hydrogen) atoms. The van der Waals surface area contributed by atoms with E-state index in [1.165, 1.54) is 5.69 Å². The third-order valence-corrected chi connectivity index (χ3v) is 4.76. The van der Waals surface area contributed by atoms with Gasteiger partial charge in [-0.25, -0.2) is 0 Å². The Labute approximate surface area is 145 Å². The highest BCUT2D eigenvalue weighted by atomic mass is 35.5. The highest BCUT2D eigenvalue weighted by Gasteiger charge is 2.20. The summed E-state index contributed by atoms with van der Waals surface area (Å²) in [6.07, 6.45) is 1.84. The number of phenolic OH excluding ortho intramolecular Hbond substituents is 1. The van der Waals surface area contributed by atoms with Crippen LogP contribution in [0.2, 0.25) is 5.02 Å². The number of fused-ring (bicyclic) bond motifs is 1. The molecule has 2 heterocycles. The van der Waals surface area contributed by atoms with Gasteiger partial charge in [-0.3, -0.25) is 4.98 Å². The molecule has 2 aromatic carbocycles. The second-order valence-corrected chi connectivity index (χ2v) is 6.39. The molecule has 0 radical (unpaired) electrons. The van der Waals surface area contributed by atoms with Crippen LogP contribution < -0.4 is 9.80 Å². The standard InChI is InChI=1S/C19H18ClN3O/c20-14-5-6-15-16(13-14)21-8-7-17(15)22-9-11-23(12-10-22)18-3-1-2-4-19(18)24/h1-8,13,24H,9-12H2. The summed E-state index contributed by atoms with van der Waals surface area (Å²) in [5.74, 6) is 0.343. The molecule has 1 saturated heterocycles. The number of pyridine rings is 1. The predicted molar refractivity (Wildman–Crippen MR) is 99.3 cm³/mol. The molecule has 1 N–H and O–H groups in total. The minimum absolute atomic E-state index is 0.343. The number of phenols is 1. The average molecular weight is 340 g/mol. The lowest BCUT2D eigenvalue weighted by Crippen LogP contribution is -2.46. The molecular weight excluding hydrogens is 322 g/mol. The molecule has 0 spiro atoms. The molecule has 1 aliphatic heterocycles. The Balaban J connectivity index is 1.57. The zero-order valence-electron chi connectivity index (χ0n) is 13.2. The van der Waals surface area contributed by atoms with Crippen LogP contribution in [0.25, 0.3) is 10.9 Å². The van der Waals surface area contributed by atoms with E-state index in [0.29, 0.717) is 10.8 Å². The third-order valence-electron chi connectivity index (χ3n) is 4.52. The van der Waals surface area contributed by atoms with E-state index >= 15 is 0 Å². The van der Waals surface area contributed by atoms with Gasteiger partial charge in [0.2, 0.25) is 0 Å². The number of nitrogens with zero attached hydrogens (tertiary/aromatic N) is 3. The normalized spacial score (nSPS) is 15.0. The summed E-state index contributed by atoms with van der Waals surface area (Å²) in [6.45, 7) is 3.54. The Bertz CT molecular complexity index is 875. The molecular formula is C19H18ClN3O. The van der Waals surface area contributed by atoms with E-state index in [1.807, 2.05) is 42.6 Å². The molecule has 0 bridgehead atoms.